The van der Waals surface area contributed by atoms with Crippen LogP contribution in [0.5, 0.6) is 0 Å². The smallest absolute Gasteiger partial charge is 0.336 e. The number of hydrogen-bond acceptors (Lipinski definition) is 3. The maximum absolute atomic E-state index is 13.4. The number of carbonyl (C=O) groups is 1. The van der Waals surface area contributed by atoms with Gasteiger partial charge in [-0.2, -0.15) is 5.26 Å². The largest absolute Gasteiger partial charge is 0.478 e. The van der Waals surface area contributed by atoms with Crippen LogP contribution in [0.25, 0.3) is 0 Å². The predicted molar refractivity (Wildman–Crippen MR) is 71.8 cm³/mol. The molecule has 0 aliphatic heterocycles. The zero-order chi connectivity index (χ0) is 14.5. The molecular weight excluding hydrogens is 259 g/mol. The van der Waals surface area contributed by atoms with Crippen LogP contribution in [0.2, 0.25) is 0 Å². The summed E-state index contributed by atoms with van der Waals surface area (Å²) in [7, 11) is 0. The molecule has 0 saturated carbocycles. The molecule has 2 aromatic rings. The molecule has 20 heavy (non-hydrogen) atoms. The molecule has 2 N–H and O–H groups in total. The maximum atomic E-state index is 13.4. The minimum Gasteiger partial charge on any atom is -0.478 e. The molecule has 2 rings (SSSR count). The number of carboxylic acid groups (broad SMARTS) is 1. The van der Waals surface area contributed by atoms with Crippen molar-refractivity contribution in [2.45, 2.75) is 6.54 Å². The number of nitrogens with zero attached hydrogens (tertiary/aromatic N) is 1. The van der Waals surface area contributed by atoms with Gasteiger partial charge in [0.1, 0.15) is 17.4 Å². The van der Waals surface area contributed by atoms with E-state index in [-0.39, 0.29) is 17.7 Å². The minimum absolute atomic E-state index is 0.0830. The molecule has 0 heterocycles. The highest BCUT2D eigenvalue weighted by atomic mass is 19.1. The first-order valence-corrected chi connectivity index (χ1v) is 5.87. The fourth-order valence-electron chi connectivity index (χ4n) is 1.86. The van der Waals surface area contributed by atoms with E-state index >= 15 is 0 Å². The number of hydrogen-bond donors (Lipinski definition) is 2. The molecular formula is C15H11FN2O2. The van der Waals surface area contributed by atoms with Gasteiger partial charge in [-0.3, -0.25) is 0 Å². The Balaban J connectivity index is 2.24. The van der Waals surface area contributed by atoms with Gasteiger partial charge in [0.05, 0.1) is 11.3 Å². The lowest BCUT2D eigenvalue weighted by atomic mass is 10.1. The Bertz CT molecular complexity index is 693. The van der Waals surface area contributed by atoms with Crippen molar-refractivity contribution in [1.82, 2.24) is 0 Å². The molecule has 0 unspecified atom stereocenters. The molecule has 0 amide bonds. The molecule has 4 nitrogen and oxygen atoms in total. The van der Waals surface area contributed by atoms with Crippen LogP contribution in [0.4, 0.5) is 10.1 Å². The maximum Gasteiger partial charge on any atom is 0.336 e. The SMILES string of the molecule is N#Cc1c(F)cccc1NCc1ccccc1C(=O)O. The Labute approximate surface area is 115 Å². The van der Waals surface area contributed by atoms with Gasteiger partial charge in [-0.25, -0.2) is 9.18 Å². The van der Waals surface area contributed by atoms with E-state index in [0.29, 0.717) is 11.3 Å². The van der Waals surface area contributed by atoms with Crippen LogP contribution < -0.4 is 5.32 Å². The van der Waals surface area contributed by atoms with Crippen molar-refractivity contribution >= 4 is 11.7 Å². The highest BCUT2D eigenvalue weighted by molar-refractivity contribution is 5.89. The monoisotopic (exact) mass is 270 g/mol. The van der Waals surface area contributed by atoms with Crippen LogP contribution in [0, 0.1) is 17.1 Å². The summed E-state index contributed by atoms with van der Waals surface area (Å²) in [4.78, 5) is 11.1. The quantitative estimate of drug-likeness (QED) is 0.895. The van der Waals surface area contributed by atoms with E-state index in [1.807, 2.05) is 0 Å². The van der Waals surface area contributed by atoms with E-state index in [2.05, 4.69) is 5.32 Å². The molecule has 2 aromatic carbocycles. The molecule has 0 aliphatic carbocycles. The topological polar surface area (TPSA) is 73.1 Å². The number of nitriles is 1. The number of nitrogens with one attached hydrogen (secondary N) is 1. The van der Waals surface area contributed by atoms with Crippen molar-refractivity contribution < 1.29 is 14.3 Å². The van der Waals surface area contributed by atoms with Gasteiger partial charge in [0.15, 0.2) is 0 Å². The summed E-state index contributed by atoms with van der Waals surface area (Å²) in [5.74, 6) is -1.63. The van der Waals surface area contributed by atoms with Gasteiger partial charge in [0.2, 0.25) is 0 Å². The minimum atomic E-state index is -1.03. The van der Waals surface area contributed by atoms with E-state index in [0.717, 1.165) is 0 Å². The summed E-state index contributed by atoms with van der Waals surface area (Å²) >= 11 is 0. The van der Waals surface area contributed by atoms with Crippen molar-refractivity contribution in [2.75, 3.05) is 5.32 Å². The zero-order valence-electron chi connectivity index (χ0n) is 10.4. The number of rotatable bonds is 4. The van der Waals surface area contributed by atoms with Gasteiger partial charge in [-0.15, -0.1) is 0 Å². The average Bonchev–Trinajstić information content (AvgIpc) is 2.45. The van der Waals surface area contributed by atoms with Gasteiger partial charge in [-0.05, 0) is 23.8 Å². The lowest BCUT2D eigenvalue weighted by Gasteiger charge is -2.10. The van der Waals surface area contributed by atoms with E-state index in [9.17, 15) is 9.18 Å². The van der Waals surface area contributed by atoms with Crippen molar-refractivity contribution in [3.63, 3.8) is 0 Å². The Morgan fingerprint density at radius 1 is 1.25 bits per heavy atom. The number of benzene rings is 2. The molecule has 100 valence electrons. The zero-order valence-corrected chi connectivity index (χ0v) is 10.4. The average molecular weight is 270 g/mol. The fraction of sp³-hybridized carbons (Fsp3) is 0.0667. The van der Waals surface area contributed by atoms with Gasteiger partial charge in [0, 0.05) is 6.54 Å². The molecule has 0 aliphatic rings. The number of aromatic carboxylic acids is 1. The third kappa shape index (κ3) is 2.75. The van der Waals surface area contributed by atoms with Gasteiger partial charge in [-0.1, -0.05) is 24.3 Å². The first-order chi connectivity index (χ1) is 9.63. The standard InChI is InChI=1S/C15H11FN2O2/c16-13-6-3-7-14(12(13)8-17)18-9-10-4-1-2-5-11(10)15(19)20/h1-7,18H,9H2,(H,19,20). The van der Waals surface area contributed by atoms with Crippen LogP contribution in [0.1, 0.15) is 21.5 Å². The summed E-state index contributed by atoms with van der Waals surface area (Å²) in [5.41, 5.74) is 0.996. The Morgan fingerprint density at radius 3 is 2.70 bits per heavy atom. The summed E-state index contributed by atoms with van der Waals surface area (Å²) in [6.45, 7) is 0.195. The first-order valence-electron chi connectivity index (χ1n) is 5.87. The summed E-state index contributed by atoms with van der Waals surface area (Å²) in [5, 5.41) is 20.9. The van der Waals surface area contributed by atoms with Crippen molar-refractivity contribution in [1.29, 1.82) is 5.26 Å². The second-order valence-corrected chi connectivity index (χ2v) is 4.09. The Morgan fingerprint density at radius 2 is 2.00 bits per heavy atom. The summed E-state index contributed by atoms with van der Waals surface area (Å²) < 4.78 is 13.4. The normalized spacial score (nSPS) is 9.80. The van der Waals surface area contributed by atoms with Crippen LogP contribution in [-0.4, -0.2) is 11.1 Å². The molecule has 0 atom stereocenters. The molecule has 0 aromatic heterocycles. The third-order valence-electron chi connectivity index (χ3n) is 2.84. The van der Waals surface area contributed by atoms with Crippen LogP contribution in [-0.2, 0) is 6.54 Å². The van der Waals surface area contributed by atoms with E-state index < -0.39 is 11.8 Å². The lowest BCUT2D eigenvalue weighted by molar-refractivity contribution is 0.0696. The van der Waals surface area contributed by atoms with Gasteiger partial charge >= 0.3 is 5.97 Å². The van der Waals surface area contributed by atoms with Crippen molar-refractivity contribution in [3.8, 4) is 6.07 Å². The second kappa shape index (κ2) is 5.85. The van der Waals surface area contributed by atoms with E-state index in [1.54, 1.807) is 30.3 Å². The number of halogens is 1. The second-order valence-electron chi connectivity index (χ2n) is 4.09. The Kier molecular flexibility index (Phi) is 3.96. The molecule has 0 fully saturated rings. The molecule has 0 saturated heterocycles. The van der Waals surface area contributed by atoms with Crippen molar-refractivity contribution in [3.05, 3.63) is 65.0 Å². The van der Waals surface area contributed by atoms with Crippen LogP contribution in [0.15, 0.2) is 42.5 Å². The molecule has 0 spiro atoms. The molecule has 0 radical (unpaired) electrons. The lowest BCUT2D eigenvalue weighted by Crippen LogP contribution is -2.08. The Hall–Kier alpha value is -2.87. The summed E-state index contributed by atoms with van der Waals surface area (Å²) in [6, 6.07) is 12.6. The van der Waals surface area contributed by atoms with Gasteiger partial charge < -0.3 is 10.4 Å². The third-order valence-corrected chi connectivity index (χ3v) is 2.84. The molecule has 0 bridgehead atoms. The summed E-state index contributed by atoms with van der Waals surface area (Å²) in [6.07, 6.45) is 0. The van der Waals surface area contributed by atoms with Crippen LogP contribution >= 0.6 is 0 Å². The van der Waals surface area contributed by atoms with E-state index in [1.165, 1.54) is 18.2 Å². The number of anilines is 1. The fourth-order valence-corrected chi connectivity index (χ4v) is 1.86. The highest BCUT2D eigenvalue weighted by Gasteiger charge is 2.11. The van der Waals surface area contributed by atoms with Gasteiger partial charge in [0.25, 0.3) is 0 Å². The number of carboxylic acids is 1. The van der Waals surface area contributed by atoms with Crippen molar-refractivity contribution in [2.24, 2.45) is 0 Å². The highest BCUT2D eigenvalue weighted by Crippen LogP contribution is 2.19. The van der Waals surface area contributed by atoms with Crippen LogP contribution in [0.3, 0.4) is 0 Å². The predicted octanol–water partition coefficient (Wildman–Crippen LogP) is 3.01. The van der Waals surface area contributed by atoms with E-state index in [4.69, 9.17) is 10.4 Å². The molecule has 5 heteroatoms. The first kappa shape index (κ1) is 13.6.